The highest BCUT2D eigenvalue weighted by Crippen LogP contribution is 2.36. The van der Waals surface area contributed by atoms with E-state index in [0.29, 0.717) is 5.75 Å². The summed E-state index contributed by atoms with van der Waals surface area (Å²) >= 11 is 1.41. The number of pyridine rings is 1. The monoisotopic (exact) mass is 551 g/mol. The summed E-state index contributed by atoms with van der Waals surface area (Å²) in [4.78, 5) is 26.8. The molecule has 2 heterocycles. The van der Waals surface area contributed by atoms with Crippen LogP contribution in [0.15, 0.2) is 53.5 Å². The molecule has 1 fully saturated rings. The summed E-state index contributed by atoms with van der Waals surface area (Å²) in [6.07, 6.45) is 3.71. The number of hydrogen-bond acceptors (Lipinski definition) is 6. The molecule has 39 heavy (non-hydrogen) atoms. The highest BCUT2D eigenvalue weighted by atomic mass is 32.2. The number of fused-ring (bicyclic) bond motifs is 1. The van der Waals surface area contributed by atoms with Crippen molar-refractivity contribution in [3.8, 4) is 11.5 Å². The van der Waals surface area contributed by atoms with E-state index in [1.54, 1.807) is 39.1 Å². The lowest BCUT2D eigenvalue weighted by atomic mass is 10.1. The van der Waals surface area contributed by atoms with E-state index in [-0.39, 0.29) is 45.9 Å². The standard InChI is InChI=1S/C27H28FN5O3S.C2H6/c1-15-5-10-21(20(28)13-15)31-25-23(26(34)30-18-7-8-18)24(16(2)27(35)32(25)4)36-19-9-6-17-11-12-33(37-29-3)22(17)14-19;1-2/h5-6,9-14,18,29,31H,7-8H2,1-4H3,(H,30,34);1-2H3. The predicted octanol–water partition coefficient (Wildman–Crippen LogP) is 6.18. The number of aryl methyl sites for hydroxylation is 1. The molecule has 0 saturated heterocycles. The zero-order chi connectivity index (χ0) is 28.3. The summed E-state index contributed by atoms with van der Waals surface area (Å²) < 4.78 is 27.4. The van der Waals surface area contributed by atoms with Crippen molar-refractivity contribution in [2.45, 2.75) is 46.6 Å². The topological polar surface area (TPSA) is 89.3 Å². The second-order valence-corrected chi connectivity index (χ2v) is 10.1. The maximum absolute atomic E-state index is 14.8. The van der Waals surface area contributed by atoms with Gasteiger partial charge >= 0.3 is 0 Å². The lowest BCUT2D eigenvalue weighted by molar-refractivity contribution is 0.0948. The fraction of sp³-hybridized carbons (Fsp3) is 0.310. The minimum Gasteiger partial charge on any atom is -0.456 e. The average Bonchev–Trinajstić information content (AvgIpc) is 3.66. The highest BCUT2D eigenvalue weighted by molar-refractivity contribution is 7.96. The maximum atomic E-state index is 14.8. The van der Waals surface area contributed by atoms with Crippen LogP contribution in [-0.4, -0.2) is 27.5 Å². The molecule has 1 aliphatic carbocycles. The van der Waals surface area contributed by atoms with Crippen LogP contribution in [0.5, 0.6) is 11.5 Å². The van der Waals surface area contributed by atoms with E-state index in [2.05, 4.69) is 15.4 Å². The summed E-state index contributed by atoms with van der Waals surface area (Å²) in [6, 6.07) is 12.3. The van der Waals surface area contributed by atoms with Gasteiger partial charge in [-0.15, -0.1) is 0 Å². The number of nitrogens with zero attached hydrogens (tertiary/aromatic N) is 2. The van der Waals surface area contributed by atoms with Gasteiger partial charge in [-0.1, -0.05) is 19.9 Å². The molecule has 2 aromatic heterocycles. The number of amides is 1. The minimum atomic E-state index is -0.489. The molecule has 0 bridgehead atoms. The fourth-order valence-corrected chi connectivity index (χ4v) is 4.75. The van der Waals surface area contributed by atoms with Gasteiger partial charge in [-0.25, -0.2) is 9.11 Å². The number of nitrogens with one attached hydrogen (secondary N) is 3. The summed E-state index contributed by atoms with van der Waals surface area (Å²) in [5.74, 6) is -0.121. The van der Waals surface area contributed by atoms with Crippen molar-refractivity contribution in [2.75, 3.05) is 12.4 Å². The summed E-state index contributed by atoms with van der Waals surface area (Å²) in [7, 11) is 3.38. The second kappa shape index (κ2) is 12.0. The van der Waals surface area contributed by atoms with Gasteiger partial charge in [-0.05, 0) is 69.6 Å². The van der Waals surface area contributed by atoms with E-state index in [9.17, 15) is 14.0 Å². The summed E-state index contributed by atoms with van der Waals surface area (Å²) in [5, 5.41) is 6.99. The maximum Gasteiger partial charge on any atom is 0.259 e. The molecule has 0 unspecified atom stereocenters. The van der Waals surface area contributed by atoms with Gasteiger partial charge in [0.05, 0.1) is 16.8 Å². The largest absolute Gasteiger partial charge is 0.456 e. The van der Waals surface area contributed by atoms with Gasteiger partial charge in [0.2, 0.25) is 0 Å². The molecule has 4 aromatic rings. The van der Waals surface area contributed by atoms with Gasteiger partial charge in [0.1, 0.15) is 22.9 Å². The number of anilines is 2. The van der Waals surface area contributed by atoms with Crippen LogP contribution in [0.25, 0.3) is 10.9 Å². The Morgan fingerprint density at radius 1 is 1.10 bits per heavy atom. The molecular formula is C29H34FN5O3S. The van der Waals surface area contributed by atoms with Crippen LogP contribution < -0.4 is 25.7 Å². The number of carbonyl (C=O) groups excluding carboxylic acids is 1. The third-order valence-corrected chi connectivity index (χ3v) is 7.02. The van der Waals surface area contributed by atoms with Crippen molar-refractivity contribution < 1.29 is 13.9 Å². The van der Waals surface area contributed by atoms with Crippen molar-refractivity contribution in [3.63, 3.8) is 0 Å². The summed E-state index contributed by atoms with van der Waals surface area (Å²) in [6.45, 7) is 7.41. The van der Waals surface area contributed by atoms with Gasteiger partial charge in [-0.3, -0.25) is 18.1 Å². The van der Waals surface area contributed by atoms with Crippen molar-refractivity contribution >= 4 is 40.4 Å². The number of halogens is 1. The zero-order valence-corrected chi connectivity index (χ0v) is 23.8. The molecule has 0 spiro atoms. The Labute approximate surface area is 231 Å². The molecule has 1 aliphatic rings. The molecule has 0 atom stereocenters. The molecule has 2 aromatic carbocycles. The van der Waals surface area contributed by atoms with Crippen LogP contribution in [0, 0.1) is 19.7 Å². The number of carbonyl (C=O) groups is 1. The molecule has 1 amide bonds. The second-order valence-electron chi connectivity index (χ2n) is 9.16. The van der Waals surface area contributed by atoms with E-state index in [1.807, 2.05) is 49.3 Å². The predicted molar refractivity (Wildman–Crippen MR) is 157 cm³/mol. The molecular weight excluding hydrogens is 517 g/mol. The van der Waals surface area contributed by atoms with Crippen LogP contribution in [0.2, 0.25) is 0 Å². The zero-order valence-electron chi connectivity index (χ0n) is 23.0. The Morgan fingerprint density at radius 2 is 1.85 bits per heavy atom. The fourth-order valence-electron chi connectivity index (χ4n) is 4.17. The van der Waals surface area contributed by atoms with Crippen LogP contribution in [0.3, 0.4) is 0 Å². The highest BCUT2D eigenvalue weighted by Gasteiger charge is 2.30. The Balaban J connectivity index is 0.00000172. The quantitative estimate of drug-likeness (QED) is 0.227. The molecule has 206 valence electrons. The number of rotatable bonds is 8. The normalized spacial score (nSPS) is 12.6. The van der Waals surface area contributed by atoms with E-state index in [0.717, 1.165) is 29.3 Å². The molecule has 8 nitrogen and oxygen atoms in total. The number of aromatic nitrogens is 2. The van der Waals surface area contributed by atoms with Crippen LogP contribution >= 0.6 is 12.1 Å². The van der Waals surface area contributed by atoms with Crippen LogP contribution in [0.4, 0.5) is 15.9 Å². The molecule has 1 saturated carbocycles. The Bertz CT molecular complexity index is 1580. The first kappa shape index (κ1) is 28.3. The van der Waals surface area contributed by atoms with Crippen molar-refractivity contribution in [1.82, 2.24) is 18.6 Å². The van der Waals surface area contributed by atoms with E-state index in [1.165, 1.54) is 22.8 Å². The molecule has 0 aliphatic heterocycles. The molecule has 0 radical (unpaired) electrons. The lowest BCUT2D eigenvalue weighted by Gasteiger charge is -2.21. The number of ether oxygens (including phenoxy) is 1. The van der Waals surface area contributed by atoms with Gasteiger partial charge in [0.15, 0.2) is 5.75 Å². The van der Waals surface area contributed by atoms with Crippen LogP contribution in [0.1, 0.15) is 48.2 Å². The minimum absolute atomic E-state index is 0.0695. The molecule has 3 N–H and O–H groups in total. The van der Waals surface area contributed by atoms with Crippen LogP contribution in [-0.2, 0) is 7.05 Å². The Kier molecular flexibility index (Phi) is 8.66. The Hall–Kier alpha value is -3.76. The van der Waals surface area contributed by atoms with Crippen molar-refractivity contribution in [1.29, 1.82) is 0 Å². The average molecular weight is 552 g/mol. The lowest BCUT2D eigenvalue weighted by Crippen LogP contribution is -2.31. The SMILES string of the molecule is CC.CNSn1ccc2ccc(Oc3c(C(=O)NC4CC4)c(Nc4ccc(C)cc4F)n(C)c(=O)c3C)cc21. The Morgan fingerprint density at radius 3 is 2.51 bits per heavy atom. The van der Waals surface area contributed by atoms with E-state index in [4.69, 9.17) is 4.74 Å². The first-order chi connectivity index (χ1) is 18.8. The molecule has 5 rings (SSSR count). The van der Waals surface area contributed by atoms with Gasteiger partial charge < -0.3 is 15.4 Å². The summed E-state index contributed by atoms with van der Waals surface area (Å²) in [5.41, 5.74) is 1.88. The van der Waals surface area contributed by atoms with Crippen molar-refractivity contribution in [3.05, 3.63) is 81.5 Å². The number of hydrogen-bond donors (Lipinski definition) is 3. The first-order valence-corrected chi connectivity index (χ1v) is 13.7. The van der Waals surface area contributed by atoms with Gasteiger partial charge in [0.25, 0.3) is 11.5 Å². The molecule has 10 heteroatoms. The third-order valence-electron chi connectivity index (χ3n) is 6.32. The van der Waals surface area contributed by atoms with E-state index < -0.39 is 5.82 Å². The number of benzene rings is 2. The van der Waals surface area contributed by atoms with Gasteiger partial charge in [-0.2, -0.15) is 0 Å². The smallest absolute Gasteiger partial charge is 0.259 e. The van der Waals surface area contributed by atoms with E-state index >= 15 is 0 Å². The third kappa shape index (κ3) is 5.97. The van der Waals surface area contributed by atoms with Crippen molar-refractivity contribution in [2.24, 2.45) is 7.05 Å². The first-order valence-electron chi connectivity index (χ1n) is 13.0. The van der Waals surface area contributed by atoms with Gasteiger partial charge in [0, 0.05) is 42.9 Å².